The fraction of sp³-hybridized carbons (Fsp3) is 0.316. The van der Waals surface area contributed by atoms with Gasteiger partial charge in [-0.05, 0) is 29.2 Å². The zero-order valence-electron chi connectivity index (χ0n) is 13.7. The van der Waals surface area contributed by atoms with Crippen molar-refractivity contribution in [2.45, 2.75) is 32.3 Å². The molecule has 0 aromatic heterocycles. The summed E-state index contributed by atoms with van der Waals surface area (Å²) in [5.41, 5.74) is 1.81. The number of para-hydroxylation sites is 2. The Labute approximate surface area is 136 Å². The third kappa shape index (κ3) is 4.25. The Bertz CT molecular complexity index is 664. The van der Waals surface area contributed by atoms with E-state index in [1.807, 2.05) is 48.5 Å². The lowest BCUT2D eigenvalue weighted by atomic mass is 10.0. The Morgan fingerprint density at radius 2 is 1.65 bits per heavy atom. The lowest BCUT2D eigenvalue weighted by Gasteiger charge is -2.20. The molecular weight excluding hydrogens is 292 g/mol. The molecule has 0 saturated heterocycles. The van der Waals surface area contributed by atoms with Crippen molar-refractivity contribution in [1.29, 1.82) is 0 Å². The topological polar surface area (TPSA) is 55.8 Å². The Hall–Kier alpha value is -2.49. The summed E-state index contributed by atoms with van der Waals surface area (Å²) < 4.78 is 11.1. The van der Waals surface area contributed by atoms with Gasteiger partial charge in [0.1, 0.15) is 11.5 Å². The molecule has 0 saturated carbocycles. The number of ether oxygens (including phenoxy) is 2. The molecule has 122 valence electrons. The average molecular weight is 314 g/mol. The van der Waals surface area contributed by atoms with Crippen LogP contribution < -0.4 is 9.47 Å². The molecule has 0 amide bonds. The predicted molar refractivity (Wildman–Crippen MR) is 89.3 cm³/mol. The first kappa shape index (κ1) is 16.9. The van der Waals surface area contributed by atoms with E-state index >= 15 is 0 Å². The van der Waals surface area contributed by atoms with Gasteiger partial charge in [0.25, 0.3) is 0 Å². The summed E-state index contributed by atoms with van der Waals surface area (Å²) in [6, 6.07) is 14.9. The zero-order chi connectivity index (χ0) is 16.8. The fourth-order valence-corrected chi connectivity index (χ4v) is 2.47. The molecule has 4 heteroatoms. The third-order valence-corrected chi connectivity index (χ3v) is 3.68. The van der Waals surface area contributed by atoms with Crippen LogP contribution in [-0.2, 0) is 11.2 Å². The van der Waals surface area contributed by atoms with Crippen LogP contribution in [0.5, 0.6) is 11.5 Å². The van der Waals surface area contributed by atoms with Gasteiger partial charge >= 0.3 is 5.97 Å². The van der Waals surface area contributed by atoms with E-state index in [0.717, 1.165) is 11.1 Å². The quantitative estimate of drug-likeness (QED) is 0.842. The van der Waals surface area contributed by atoms with E-state index in [9.17, 15) is 9.90 Å². The molecule has 0 heterocycles. The number of carboxylic acid groups (broad SMARTS) is 1. The standard InChI is InChI=1S/C19H22O4/c1-13(2)15-9-5-7-11-17(15)23-18(19(20)21)12-14-8-4-6-10-16(14)22-3/h4-11,13,18H,12H2,1-3H3,(H,20,21)/t18-/m1/s1. The molecule has 0 radical (unpaired) electrons. The van der Waals surface area contributed by atoms with Crippen LogP contribution in [0.1, 0.15) is 30.9 Å². The first-order valence-electron chi connectivity index (χ1n) is 7.63. The summed E-state index contributed by atoms with van der Waals surface area (Å²) in [6.45, 7) is 4.11. The van der Waals surface area contributed by atoms with Crippen LogP contribution in [0.3, 0.4) is 0 Å². The van der Waals surface area contributed by atoms with Gasteiger partial charge in [0.2, 0.25) is 0 Å². The van der Waals surface area contributed by atoms with Crippen molar-refractivity contribution in [2.24, 2.45) is 0 Å². The molecule has 2 aromatic rings. The highest BCUT2D eigenvalue weighted by molar-refractivity contribution is 5.73. The molecule has 0 aliphatic rings. The van der Waals surface area contributed by atoms with Gasteiger partial charge < -0.3 is 14.6 Å². The van der Waals surface area contributed by atoms with Crippen LogP contribution in [-0.4, -0.2) is 24.3 Å². The average Bonchev–Trinajstić information content (AvgIpc) is 2.54. The Morgan fingerprint density at radius 1 is 1.04 bits per heavy atom. The van der Waals surface area contributed by atoms with Gasteiger partial charge in [0.05, 0.1) is 7.11 Å². The number of benzene rings is 2. The number of hydrogen-bond acceptors (Lipinski definition) is 3. The van der Waals surface area contributed by atoms with Gasteiger partial charge in [0.15, 0.2) is 6.10 Å². The van der Waals surface area contributed by atoms with E-state index in [2.05, 4.69) is 13.8 Å². The number of methoxy groups -OCH3 is 1. The van der Waals surface area contributed by atoms with Gasteiger partial charge in [0, 0.05) is 6.42 Å². The molecule has 2 aromatic carbocycles. The summed E-state index contributed by atoms with van der Waals surface area (Å²) in [5, 5.41) is 9.52. The first-order valence-corrected chi connectivity index (χ1v) is 7.63. The van der Waals surface area contributed by atoms with Gasteiger partial charge in [-0.15, -0.1) is 0 Å². The molecule has 1 N–H and O–H groups in total. The highest BCUT2D eigenvalue weighted by Gasteiger charge is 2.23. The molecule has 0 spiro atoms. The van der Waals surface area contributed by atoms with Crippen molar-refractivity contribution in [3.63, 3.8) is 0 Å². The zero-order valence-corrected chi connectivity index (χ0v) is 13.7. The first-order chi connectivity index (χ1) is 11.0. The maximum Gasteiger partial charge on any atom is 0.345 e. The number of hydrogen-bond donors (Lipinski definition) is 1. The van der Waals surface area contributed by atoms with Crippen LogP contribution >= 0.6 is 0 Å². The monoisotopic (exact) mass is 314 g/mol. The maximum absolute atomic E-state index is 11.6. The second-order valence-electron chi connectivity index (χ2n) is 5.65. The van der Waals surface area contributed by atoms with Crippen molar-refractivity contribution < 1.29 is 19.4 Å². The van der Waals surface area contributed by atoms with Gasteiger partial charge in [-0.25, -0.2) is 4.79 Å². The Morgan fingerprint density at radius 3 is 2.26 bits per heavy atom. The Kier molecular flexibility index (Phi) is 5.63. The van der Waals surface area contributed by atoms with E-state index in [4.69, 9.17) is 9.47 Å². The van der Waals surface area contributed by atoms with Crippen LogP contribution in [0, 0.1) is 0 Å². The number of rotatable bonds is 7. The largest absolute Gasteiger partial charge is 0.496 e. The lowest BCUT2D eigenvalue weighted by Crippen LogP contribution is -2.30. The van der Waals surface area contributed by atoms with E-state index in [1.54, 1.807) is 7.11 Å². The molecule has 0 aliphatic carbocycles. The van der Waals surface area contributed by atoms with Gasteiger partial charge in [-0.3, -0.25) is 0 Å². The minimum absolute atomic E-state index is 0.242. The molecule has 0 unspecified atom stereocenters. The maximum atomic E-state index is 11.6. The number of aliphatic carboxylic acids is 1. The van der Waals surface area contributed by atoms with Crippen molar-refractivity contribution in [3.8, 4) is 11.5 Å². The SMILES string of the molecule is COc1ccccc1C[C@@H](Oc1ccccc1C(C)C)C(=O)O. The van der Waals surface area contributed by atoms with E-state index < -0.39 is 12.1 Å². The normalized spacial score (nSPS) is 12.0. The molecule has 2 rings (SSSR count). The Balaban J connectivity index is 2.25. The molecule has 1 atom stereocenters. The fourth-order valence-electron chi connectivity index (χ4n) is 2.47. The lowest BCUT2D eigenvalue weighted by molar-refractivity contribution is -0.145. The summed E-state index contributed by atoms with van der Waals surface area (Å²) >= 11 is 0. The van der Waals surface area contributed by atoms with Crippen LogP contribution in [0.4, 0.5) is 0 Å². The third-order valence-electron chi connectivity index (χ3n) is 3.68. The van der Waals surface area contributed by atoms with Crippen LogP contribution in [0.15, 0.2) is 48.5 Å². The summed E-state index contributed by atoms with van der Waals surface area (Å²) in [7, 11) is 1.57. The van der Waals surface area contributed by atoms with Crippen LogP contribution in [0.25, 0.3) is 0 Å². The minimum Gasteiger partial charge on any atom is -0.496 e. The highest BCUT2D eigenvalue weighted by atomic mass is 16.5. The molecule has 0 bridgehead atoms. The van der Waals surface area contributed by atoms with Crippen LogP contribution in [0.2, 0.25) is 0 Å². The van der Waals surface area contributed by atoms with E-state index in [-0.39, 0.29) is 12.3 Å². The molecular formula is C19H22O4. The van der Waals surface area contributed by atoms with Gasteiger partial charge in [-0.2, -0.15) is 0 Å². The smallest absolute Gasteiger partial charge is 0.345 e. The number of carboxylic acids is 1. The molecule has 23 heavy (non-hydrogen) atoms. The second-order valence-corrected chi connectivity index (χ2v) is 5.65. The van der Waals surface area contributed by atoms with E-state index in [1.165, 1.54) is 0 Å². The highest BCUT2D eigenvalue weighted by Crippen LogP contribution is 2.28. The van der Waals surface area contributed by atoms with Crippen molar-refractivity contribution in [2.75, 3.05) is 7.11 Å². The van der Waals surface area contributed by atoms with Crippen molar-refractivity contribution in [1.82, 2.24) is 0 Å². The van der Waals surface area contributed by atoms with Crippen molar-refractivity contribution >= 4 is 5.97 Å². The molecule has 0 aliphatic heterocycles. The second kappa shape index (κ2) is 7.68. The molecule has 0 fully saturated rings. The number of carbonyl (C=O) groups is 1. The summed E-state index contributed by atoms with van der Waals surface area (Å²) in [6.07, 6.45) is -0.725. The molecule has 4 nitrogen and oxygen atoms in total. The van der Waals surface area contributed by atoms with E-state index in [0.29, 0.717) is 11.5 Å². The van der Waals surface area contributed by atoms with Gasteiger partial charge in [-0.1, -0.05) is 50.2 Å². The summed E-state index contributed by atoms with van der Waals surface area (Å²) in [4.78, 5) is 11.6. The van der Waals surface area contributed by atoms with Crippen molar-refractivity contribution in [3.05, 3.63) is 59.7 Å². The summed E-state index contributed by atoms with van der Waals surface area (Å²) in [5.74, 6) is 0.547. The minimum atomic E-state index is -0.991. The predicted octanol–water partition coefficient (Wildman–Crippen LogP) is 3.89.